The predicted octanol–water partition coefficient (Wildman–Crippen LogP) is 2.05. The highest BCUT2D eigenvalue weighted by atomic mass is 19.1. The highest BCUT2D eigenvalue weighted by Gasteiger charge is 2.17. The lowest BCUT2D eigenvalue weighted by Crippen LogP contribution is -1.94. The van der Waals surface area contributed by atoms with Gasteiger partial charge in [0.05, 0.1) is 11.3 Å². The van der Waals surface area contributed by atoms with Crippen molar-refractivity contribution in [3.05, 3.63) is 42.4 Å². The molecule has 0 aliphatic rings. The van der Waals surface area contributed by atoms with Crippen LogP contribution in [0.25, 0.3) is 23.0 Å². The van der Waals surface area contributed by atoms with Crippen molar-refractivity contribution in [2.75, 3.05) is 5.73 Å². The SMILES string of the molecule is Nc1cc(-c2nc(-c3ccncn3)no2)c(F)cc1F. The Morgan fingerprint density at radius 1 is 1.15 bits per heavy atom. The second-order valence-electron chi connectivity index (χ2n) is 3.87. The monoisotopic (exact) mass is 275 g/mol. The van der Waals surface area contributed by atoms with E-state index >= 15 is 0 Å². The van der Waals surface area contributed by atoms with E-state index in [9.17, 15) is 8.78 Å². The van der Waals surface area contributed by atoms with Crippen molar-refractivity contribution in [1.29, 1.82) is 0 Å². The molecule has 0 fully saturated rings. The summed E-state index contributed by atoms with van der Waals surface area (Å²) in [4.78, 5) is 11.7. The number of rotatable bonds is 2. The molecule has 0 atom stereocenters. The standard InChI is InChI=1S/C12H7F2N5O/c13-7-4-8(14)9(15)3-6(7)12-18-11(19-20-12)10-1-2-16-5-17-10/h1-5H,15H2. The van der Waals surface area contributed by atoms with Gasteiger partial charge in [-0.15, -0.1) is 0 Å². The Labute approximate surface area is 111 Å². The second-order valence-corrected chi connectivity index (χ2v) is 3.87. The number of anilines is 1. The molecule has 1 aromatic carbocycles. The summed E-state index contributed by atoms with van der Waals surface area (Å²) in [6.45, 7) is 0. The van der Waals surface area contributed by atoms with Crippen LogP contribution in [0.2, 0.25) is 0 Å². The van der Waals surface area contributed by atoms with Gasteiger partial charge in [-0.1, -0.05) is 5.16 Å². The second kappa shape index (κ2) is 4.65. The summed E-state index contributed by atoms with van der Waals surface area (Å²) >= 11 is 0. The number of hydrogen-bond acceptors (Lipinski definition) is 6. The van der Waals surface area contributed by atoms with Crippen molar-refractivity contribution < 1.29 is 13.3 Å². The zero-order valence-electron chi connectivity index (χ0n) is 9.92. The smallest absolute Gasteiger partial charge is 0.261 e. The van der Waals surface area contributed by atoms with Crippen LogP contribution in [0, 0.1) is 11.6 Å². The van der Waals surface area contributed by atoms with Crippen LogP contribution >= 0.6 is 0 Å². The third kappa shape index (κ3) is 2.07. The Kier molecular flexibility index (Phi) is 2.82. The Bertz CT molecular complexity index is 760. The number of benzene rings is 1. The minimum absolute atomic E-state index is 0.0725. The summed E-state index contributed by atoms with van der Waals surface area (Å²) in [5.41, 5.74) is 5.54. The van der Waals surface area contributed by atoms with Crippen molar-refractivity contribution in [3.8, 4) is 23.0 Å². The molecule has 0 bridgehead atoms. The fraction of sp³-hybridized carbons (Fsp3) is 0. The molecule has 0 radical (unpaired) electrons. The summed E-state index contributed by atoms with van der Waals surface area (Å²) in [6.07, 6.45) is 2.83. The lowest BCUT2D eigenvalue weighted by molar-refractivity contribution is 0.429. The number of aromatic nitrogens is 4. The third-order valence-electron chi connectivity index (χ3n) is 2.55. The van der Waals surface area contributed by atoms with Crippen LogP contribution in [0.5, 0.6) is 0 Å². The fourth-order valence-electron chi connectivity index (χ4n) is 1.59. The van der Waals surface area contributed by atoms with Gasteiger partial charge in [0.15, 0.2) is 0 Å². The van der Waals surface area contributed by atoms with Crippen LogP contribution in [0.15, 0.2) is 35.2 Å². The molecule has 0 unspecified atom stereocenters. The van der Waals surface area contributed by atoms with Gasteiger partial charge in [0.1, 0.15) is 23.7 Å². The van der Waals surface area contributed by atoms with Gasteiger partial charge in [-0.3, -0.25) is 0 Å². The van der Waals surface area contributed by atoms with E-state index in [1.54, 1.807) is 6.07 Å². The Morgan fingerprint density at radius 2 is 2.00 bits per heavy atom. The van der Waals surface area contributed by atoms with Gasteiger partial charge in [0.2, 0.25) is 5.82 Å². The predicted molar refractivity (Wildman–Crippen MR) is 65.1 cm³/mol. The Morgan fingerprint density at radius 3 is 2.75 bits per heavy atom. The van der Waals surface area contributed by atoms with Crippen molar-refractivity contribution >= 4 is 5.69 Å². The van der Waals surface area contributed by atoms with Crippen molar-refractivity contribution in [2.45, 2.75) is 0 Å². The first-order valence-corrected chi connectivity index (χ1v) is 5.50. The number of nitrogens with two attached hydrogens (primary N) is 1. The largest absolute Gasteiger partial charge is 0.396 e. The maximum Gasteiger partial charge on any atom is 0.261 e. The molecule has 20 heavy (non-hydrogen) atoms. The number of hydrogen-bond donors (Lipinski definition) is 1. The average Bonchev–Trinajstić information content (AvgIpc) is 2.93. The Hall–Kier alpha value is -2.90. The van der Waals surface area contributed by atoms with Crippen LogP contribution in [-0.4, -0.2) is 20.1 Å². The maximum absolute atomic E-state index is 13.7. The van der Waals surface area contributed by atoms with Gasteiger partial charge < -0.3 is 10.3 Å². The number of nitrogens with zero attached hydrogens (tertiary/aromatic N) is 4. The van der Waals surface area contributed by atoms with E-state index in [-0.39, 0.29) is 23.0 Å². The van der Waals surface area contributed by atoms with Gasteiger partial charge in [-0.25, -0.2) is 18.7 Å². The van der Waals surface area contributed by atoms with E-state index in [1.165, 1.54) is 12.5 Å². The highest BCUT2D eigenvalue weighted by Crippen LogP contribution is 2.26. The van der Waals surface area contributed by atoms with Crippen molar-refractivity contribution in [1.82, 2.24) is 20.1 Å². The van der Waals surface area contributed by atoms with E-state index in [0.29, 0.717) is 11.8 Å². The molecule has 8 heteroatoms. The molecular weight excluding hydrogens is 268 g/mol. The highest BCUT2D eigenvalue weighted by molar-refractivity contribution is 5.62. The molecule has 3 aromatic rings. The zero-order chi connectivity index (χ0) is 14.1. The quantitative estimate of drug-likeness (QED) is 0.720. The molecular formula is C12H7F2N5O. The summed E-state index contributed by atoms with van der Waals surface area (Å²) < 4.78 is 31.7. The average molecular weight is 275 g/mol. The molecule has 100 valence electrons. The molecule has 0 amide bonds. The van der Waals surface area contributed by atoms with Crippen LogP contribution in [0.4, 0.5) is 14.5 Å². The number of nitrogen functional groups attached to an aromatic ring is 1. The molecule has 0 saturated carbocycles. The van der Waals surface area contributed by atoms with Crippen LogP contribution in [0.3, 0.4) is 0 Å². The number of halogens is 2. The molecule has 2 aromatic heterocycles. The lowest BCUT2D eigenvalue weighted by Gasteiger charge is -2.00. The lowest BCUT2D eigenvalue weighted by atomic mass is 10.2. The molecule has 0 saturated heterocycles. The van der Waals surface area contributed by atoms with E-state index in [0.717, 1.165) is 6.07 Å². The van der Waals surface area contributed by atoms with E-state index in [4.69, 9.17) is 10.3 Å². The molecule has 2 N–H and O–H groups in total. The first-order chi connectivity index (χ1) is 9.65. The van der Waals surface area contributed by atoms with Crippen LogP contribution in [0.1, 0.15) is 0 Å². The summed E-state index contributed by atoms with van der Waals surface area (Å²) in [7, 11) is 0. The van der Waals surface area contributed by atoms with E-state index in [2.05, 4.69) is 20.1 Å². The molecule has 3 rings (SSSR count). The Balaban J connectivity index is 2.05. The molecule has 6 nitrogen and oxygen atoms in total. The van der Waals surface area contributed by atoms with Gasteiger partial charge in [-0.05, 0) is 12.1 Å². The van der Waals surface area contributed by atoms with Gasteiger partial charge in [0.25, 0.3) is 5.89 Å². The fourth-order valence-corrected chi connectivity index (χ4v) is 1.59. The van der Waals surface area contributed by atoms with Crippen molar-refractivity contribution in [2.24, 2.45) is 0 Å². The first-order valence-electron chi connectivity index (χ1n) is 5.50. The summed E-state index contributed by atoms with van der Waals surface area (Å²) in [5.74, 6) is -1.62. The molecule has 0 aliphatic heterocycles. The molecule has 2 heterocycles. The minimum atomic E-state index is -0.846. The van der Waals surface area contributed by atoms with Gasteiger partial charge in [-0.2, -0.15) is 4.98 Å². The zero-order valence-corrected chi connectivity index (χ0v) is 9.92. The maximum atomic E-state index is 13.7. The molecule has 0 spiro atoms. The third-order valence-corrected chi connectivity index (χ3v) is 2.55. The van der Waals surface area contributed by atoms with E-state index < -0.39 is 11.6 Å². The topological polar surface area (TPSA) is 90.7 Å². The summed E-state index contributed by atoms with van der Waals surface area (Å²) in [6, 6.07) is 3.34. The normalized spacial score (nSPS) is 10.7. The van der Waals surface area contributed by atoms with Crippen LogP contribution < -0.4 is 5.73 Å². The van der Waals surface area contributed by atoms with Crippen molar-refractivity contribution in [3.63, 3.8) is 0 Å². The van der Waals surface area contributed by atoms with Crippen LogP contribution in [-0.2, 0) is 0 Å². The molecule has 0 aliphatic carbocycles. The van der Waals surface area contributed by atoms with Gasteiger partial charge in [0, 0.05) is 12.3 Å². The minimum Gasteiger partial charge on any atom is -0.396 e. The summed E-state index contributed by atoms with van der Waals surface area (Å²) in [5, 5.41) is 3.68. The van der Waals surface area contributed by atoms with Gasteiger partial charge >= 0.3 is 0 Å². The first kappa shape index (κ1) is 12.2. The van der Waals surface area contributed by atoms with E-state index in [1.807, 2.05) is 0 Å².